The summed E-state index contributed by atoms with van der Waals surface area (Å²) < 4.78 is 0. The maximum atomic E-state index is 10.6. The van der Waals surface area contributed by atoms with Crippen molar-refractivity contribution in [1.82, 2.24) is 9.97 Å². The summed E-state index contributed by atoms with van der Waals surface area (Å²) in [6, 6.07) is 16.9. The molecule has 0 saturated heterocycles. The summed E-state index contributed by atoms with van der Waals surface area (Å²) in [4.78, 5) is 27.4. The van der Waals surface area contributed by atoms with Crippen LogP contribution in [0.25, 0.3) is 39.3 Å². The standard InChI is InChI=1S/C12H7NOS3.C11H7NS3/c14-7-8-6-13-12(16-8)11-4-3-10(17-11)9-2-1-5-15-9;1-2-8(13-6-1)9-3-4-10(15-9)11-12-5-7-14-11/h1-7H;1-7H. The summed E-state index contributed by atoms with van der Waals surface area (Å²) >= 11 is 10.1. The topological polar surface area (TPSA) is 42.9 Å². The van der Waals surface area contributed by atoms with Crippen LogP contribution < -0.4 is 0 Å². The van der Waals surface area contributed by atoms with E-state index in [-0.39, 0.29) is 0 Å². The molecule has 32 heavy (non-hydrogen) atoms. The molecule has 6 aromatic heterocycles. The zero-order valence-electron chi connectivity index (χ0n) is 16.3. The SMILES string of the molecule is O=Cc1cnc(-c2ccc(-c3cccs3)s2)s1.c1csc(-c2ccc(-c3nccs3)s2)c1. The molecule has 0 radical (unpaired) electrons. The molecule has 6 rings (SSSR count). The molecule has 0 fully saturated rings. The highest BCUT2D eigenvalue weighted by atomic mass is 32.1. The number of carbonyl (C=O) groups excluding carboxylic acids is 1. The third-order valence-corrected chi connectivity index (χ3v) is 10.6. The minimum Gasteiger partial charge on any atom is -0.297 e. The molecule has 0 bridgehead atoms. The number of rotatable bonds is 5. The van der Waals surface area contributed by atoms with Gasteiger partial charge in [0, 0.05) is 37.3 Å². The first-order chi connectivity index (χ1) is 15.8. The Morgan fingerprint density at radius 1 is 0.594 bits per heavy atom. The average molecular weight is 527 g/mol. The van der Waals surface area contributed by atoms with Crippen molar-refractivity contribution in [1.29, 1.82) is 0 Å². The van der Waals surface area contributed by atoms with Crippen LogP contribution in [0.3, 0.4) is 0 Å². The van der Waals surface area contributed by atoms with E-state index >= 15 is 0 Å². The summed E-state index contributed by atoms with van der Waals surface area (Å²) in [6.07, 6.45) is 4.32. The Labute approximate surface area is 209 Å². The van der Waals surface area contributed by atoms with Crippen molar-refractivity contribution in [3.8, 4) is 39.3 Å². The fourth-order valence-corrected chi connectivity index (χ4v) is 8.00. The van der Waals surface area contributed by atoms with Gasteiger partial charge in [0.05, 0.1) is 14.6 Å². The van der Waals surface area contributed by atoms with Crippen LogP contribution in [0.2, 0.25) is 0 Å². The van der Waals surface area contributed by atoms with E-state index in [0.29, 0.717) is 4.88 Å². The van der Waals surface area contributed by atoms with Crippen molar-refractivity contribution in [2.45, 2.75) is 0 Å². The minimum absolute atomic E-state index is 0.672. The molecule has 158 valence electrons. The normalized spacial score (nSPS) is 10.6. The van der Waals surface area contributed by atoms with Gasteiger partial charge in [-0.15, -0.1) is 68.0 Å². The largest absolute Gasteiger partial charge is 0.297 e. The van der Waals surface area contributed by atoms with Crippen LogP contribution in [0.5, 0.6) is 0 Å². The van der Waals surface area contributed by atoms with Gasteiger partial charge in [-0.25, -0.2) is 9.97 Å². The molecule has 0 amide bonds. The van der Waals surface area contributed by atoms with Crippen LogP contribution in [0.1, 0.15) is 9.67 Å². The molecule has 0 unspecified atom stereocenters. The molecular weight excluding hydrogens is 513 g/mol. The molecule has 0 aliphatic rings. The number of carbonyl (C=O) groups is 1. The summed E-state index contributed by atoms with van der Waals surface area (Å²) in [5, 5.41) is 8.23. The number of nitrogens with zero attached hydrogens (tertiary/aromatic N) is 2. The summed E-state index contributed by atoms with van der Waals surface area (Å²) in [5.74, 6) is 0. The summed E-state index contributed by atoms with van der Waals surface area (Å²) in [6.45, 7) is 0. The predicted octanol–water partition coefficient (Wildman–Crippen LogP) is 9.01. The molecule has 0 aromatic carbocycles. The second kappa shape index (κ2) is 10.1. The lowest BCUT2D eigenvalue weighted by atomic mass is 10.4. The molecule has 0 atom stereocenters. The molecule has 9 heteroatoms. The van der Waals surface area contributed by atoms with Crippen molar-refractivity contribution in [3.05, 3.63) is 81.9 Å². The first kappa shape index (κ1) is 21.6. The van der Waals surface area contributed by atoms with Gasteiger partial charge in [0.25, 0.3) is 0 Å². The van der Waals surface area contributed by atoms with E-state index in [1.165, 1.54) is 35.7 Å². The maximum absolute atomic E-state index is 10.6. The predicted molar refractivity (Wildman–Crippen MR) is 143 cm³/mol. The van der Waals surface area contributed by atoms with Gasteiger partial charge in [0.2, 0.25) is 0 Å². The van der Waals surface area contributed by atoms with Gasteiger partial charge in [0.15, 0.2) is 6.29 Å². The lowest BCUT2D eigenvalue weighted by Gasteiger charge is -1.88. The van der Waals surface area contributed by atoms with Gasteiger partial charge in [-0.2, -0.15) is 0 Å². The highest BCUT2D eigenvalue weighted by molar-refractivity contribution is 7.26. The van der Waals surface area contributed by atoms with Gasteiger partial charge in [0.1, 0.15) is 10.0 Å². The van der Waals surface area contributed by atoms with Crippen molar-refractivity contribution < 1.29 is 4.79 Å². The third kappa shape index (κ3) is 4.88. The maximum Gasteiger partial charge on any atom is 0.161 e. The van der Waals surface area contributed by atoms with E-state index in [4.69, 9.17) is 0 Å². The van der Waals surface area contributed by atoms with E-state index < -0.39 is 0 Å². The zero-order valence-corrected chi connectivity index (χ0v) is 21.2. The Balaban J connectivity index is 0.000000136. The zero-order chi connectivity index (χ0) is 21.8. The first-order valence-electron chi connectivity index (χ1n) is 9.39. The van der Waals surface area contributed by atoms with Crippen molar-refractivity contribution in [3.63, 3.8) is 0 Å². The molecule has 0 spiro atoms. The Morgan fingerprint density at radius 2 is 1.22 bits per heavy atom. The first-order valence-corrected chi connectivity index (χ1v) is 14.5. The van der Waals surface area contributed by atoms with E-state index in [2.05, 4.69) is 63.2 Å². The van der Waals surface area contributed by atoms with Gasteiger partial charge in [-0.1, -0.05) is 12.1 Å². The van der Waals surface area contributed by atoms with Gasteiger partial charge in [-0.3, -0.25) is 4.79 Å². The van der Waals surface area contributed by atoms with Crippen LogP contribution in [0, 0.1) is 0 Å². The monoisotopic (exact) mass is 526 g/mol. The van der Waals surface area contributed by atoms with E-state index in [1.54, 1.807) is 62.9 Å². The molecule has 6 aromatic rings. The number of thiazole rings is 2. The fourth-order valence-electron chi connectivity index (χ4n) is 2.81. The Hall–Kier alpha value is -2.27. The molecule has 6 heterocycles. The van der Waals surface area contributed by atoms with E-state index in [9.17, 15) is 4.79 Å². The molecule has 0 N–H and O–H groups in total. The second-order valence-electron chi connectivity index (χ2n) is 6.31. The molecular formula is C23H14N2OS6. The average Bonchev–Trinajstić information content (AvgIpc) is 3.67. The van der Waals surface area contributed by atoms with Gasteiger partial charge in [-0.05, 0) is 47.2 Å². The third-order valence-electron chi connectivity index (χ3n) is 4.23. The summed E-state index contributed by atoms with van der Waals surface area (Å²) in [5.41, 5.74) is 0. The van der Waals surface area contributed by atoms with Crippen molar-refractivity contribution >= 4 is 74.3 Å². The van der Waals surface area contributed by atoms with Gasteiger partial charge >= 0.3 is 0 Å². The number of aldehydes is 1. The fraction of sp³-hybridized carbons (Fsp3) is 0. The van der Waals surface area contributed by atoms with Crippen LogP contribution >= 0.6 is 68.0 Å². The lowest BCUT2D eigenvalue weighted by Crippen LogP contribution is -1.64. The van der Waals surface area contributed by atoms with E-state index in [1.807, 2.05) is 17.6 Å². The second-order valence-corrected chi connectivity index (χ2v) is 12.3. The minimum atomic E-state index is 0.672. The smallest absolute Gasteiger partial charge is 0.161 e. The Bertz CT molecular complexity index is 1340. The van der Waals surface area contributed by atoms with Crippen LogP contribution in [-0.2, 0) is 0 Å². The quantitative estimate of drug-likeness (QED) is 0.210. The van der Waals surface area contributed by atoms with Crippen LogP contribution in [-0.4, -0.2) is 16.3 Å². The number of aromatic nitrogens is 2. The lowest BCUT2D eigenvalue weighted by molar-refractivity contribution is 0.112. The Morgan fingerprint density at radius 3 is 1.72 bits per heavy atom. The number of hydrogen-bond acceptors (Lipinski definition) is 9. The number of hydrogen-bond donors (Lipinski definition) is 0. The van der Waals surface area contributed by atoms with Gasteiger partial charge < -0.3 is 0 Å². The van der Waals surface area contributed by atoms with Crippen molar-refractivity contribution in [2.75, 3.05) is 0 Å². The molecule has 0 aliphatic heterocycles. The van der Waals surface area contributed by atoms with Crippen molar-refractivity contribution in [2.24, 2.45) is 0 Å². The Kier molecular flexibility index (Phi) is 6.82. The molecule has 0 saturated carbocycles. The highest BCUT2D eigenvalue weighted by Gasteiger charge is 2.09. The van der Waals surface area contributed by atoms with E-state index in [0.717, 1.165) is 21.2 Å². The molecule has 0 aliphatic carbocycles. The molecule has 3 nitrogen and oxygen atoms in total. The number of thiophene rings is 4. The highest BCUT2D eigenvalue weighted by Crippen LogP contribution is 2.38. The van der Waals surface area contributed by atoms with Crippen LogP contribution in [0.4, 0.5) is 0 Å². The van der Waals surface area contributed by atoms with Crippen LogP contribution in [0.15, 0.2) is 77.1 Å². The summed E-state index contributed by atoms with van der Waals surface area (Å²) in [7, 11) is 0.